The lowest BCUT2D eigenvalue weighted by Gasteiger charge is -2.03. The van der Waals surface area contributed by atoms with Crippen LogP contribution in [0, 0.1) is 0 Å². The zero-order valence-corrected chi connectivity index (χ0v) is 18.8. The minimum atomic E-state index is -0.952. The number of primary amides is 2. The van der Waals surface area contributed by atoms with E-state index < -0.39 is 18.0 Å². The number of hydrogen-bond donors (Lipinski definition) is 2. The van der Waals surface area contributed by atoms with Gasteiger partial charge in [-0.25, -0.2) is 9.59 Å². The van der Waals surface area contributed by atoms with Gasteiger partial charge in [-0.15, -0.1) is 5.01 Å². The summed E-state index contributed by atoms with van der Waals surface area (Å²) in [5, 5.41) is 9.06. The zero-order chi connectivity index (χ0) is 24.9. The lowest BCUT2D eigenvalue weighted by Crippen LogP contribution is -2.33. The van der Waals surface area contributed by atoms with E-state index in [4.69, 9.17) is 11.5 Å². The van der Waals surface area contributed by atoms with Crippen LogP contribution in [0.3, 0.4) is 0 Å². The maximum Gasteiger partial charge on any atom is 0.342 e. The molecule has 1 aromatic heterocycles. The summed E-state index contributed by atoms with van der Waals surface area (Å²) in [5.41, 5.74) is 14.9. The van der Waals surface area contributed by atoms with E-state index in [1.54, 1.807) is 36.6 Å². The molecule has 4 rings (SSSR count). The highest BCUT2D eigenvalue weighted by molar-refractivity contribution is 6.33. The summed E-state index contributed by atoms with van der Waals surface area (Å²) >= 11 is 0. The first-order valence-electron chi connectivity index (χ1n) is 10.6. The van der Waals surface area contributed by atoms with E-state index in [1.807, 2.05) is 61.5 Å². The third kappa shape index (κ3) is 4.98. The molecule has 0 saturated carbocycles. The summed E-state index contributed by atoms with van der Waals surface area (Å²) in [6.45, 7) is 1.85. The van der Waals surface area contributed by atoms with Gasteiger partial charge in [0.25, 0.3) is 5.91 Å². The predicted octanol–water partition coefficient (Wildman–Crippen LogP) is 3.69. The monoisotopic (exact) mass is 466 g/mol. The molecule has 0 unspecified atom stereocenters. The van der Waals surface area contributed by atoms with E-state index in [1.165, 1.54) is 0 Å². The Morgan fingerprint density at radius 2 is 1.54 bits per heavy atom. The molecule has 0 aliphatic carbocycles. The molecular formula is C26H22N6O3. The normalized spacial score (nSPS) is 15.2. The van der Waals surface area contributed by atoms with Crippen molar-refractivity contribution in [3.63, 3.8) is 0 Å². The van der Waals surface area contributed by atoms with Crippen molar-refractivity contribution in [3.05, 3.63) is 107 Å². The van der Waals surface area contributed by atoms with Crippen molar-refractivity contribution in [1.29, 1.82) is 0 Å². The van der Waals surface area contributed by atoms with Gasteiger partial charge < -0.3 is 11.5 Å². The van der Waals surface area contributed by atoms with Gasteiger partial charge in [-0.05, 0) is 13.0 Å². The molecule has 1 aliphatic heterocycles. The number of amides is 4. The van der Waals surface area contributed by atoms with Gasteiger partial charge in [0.2, 0.25) is 0 Å². The second-order valence-electron chi connectivity index (χ2n) is 7.68. The Kier molecular flexibility index (Phi) is 6.50. The summed E-state index contributed by atoms with van der Waals surface area (Å²) in [6, 6.07) is 16.8. The number of nitrogens with zero attached hydrogens (tertiary/aromatic N) is 4. The molecule has 0 fully saturated rings. The van der Waals surface area contributed by atoms with Gasteiger partial charge in [-0.2, -0.15) is 14.9 Å². The fourth-order valence-electron chi connectivity index (χ4n) is 3.46. The Labute approximate surface area is 201 Å². The van der Waals surface area contributed by atoms with Gasteiger partial charge in [0.1, 0.15) is 11.4 Å². The van der Waals surface area contributed by atoms with Crippen LogP contribution in [0.5, 0.6) is 0 Å². The predicted molar refractivity (Wildman–Crippen MR) is 133 cm³/mol. The van der Waals surface area contributed by atoms with Gasteiger partial charge in [-0.3, -0.25) is 4.79 Å². The van der Waals surface area contributed by atoms with Gasteiger partial charge >= 0.3 is 12.1 Å². The number of hydrogen-bond acceptors (Lipinski definition) is 5. The number of hydrazone groups is 1. The Hall–Kier alpha value is -5.05. The fourth-order valence-corrected chi connectivity index (χ4v) is 3.46. The third-order valence-corrected chi connectivity index (χ3v) is 5.19. The van der Waals surface area contributed by atoms with Crippen LogP contribution in [0.2, 0.25) is 0 Å². The van der Waals surface area contributed by atoms with Gasteiger partial charge in [0.15, 0.2) is 0 Å². The molecule has 0 atom stereocenters. The molecule has 9 heteroatoms. The average Bonchev–Trinajstić information content (AvgIpc) is 3.44. The van der Waals surface area contributed by atoms with Crippen LogP contribution >= 0.6 is 0 Å². The van der Waals surface area contributed by atoms with E-state index in [0.717, 1.165) is 15.8 Å². The van der Waals surface area contributed by atoms with Crippen LogP contribution in [0.4, 0.5) is 9.59 Å². The van der Waals surface area contributed by atoms with Gasteiger partial charge in [0, 0.05) is 22.9 Å². The summed E-state index contributed by atoms with van der Waals surface area (Å²) in [5.74, 6) is -0.599. The largest absolute Gasteiger partial charge is 0.350 e. The second-order valence-corrected chi connectivity index (χ2v) is 7.68. The Bertz CT molecular complexity index is 1420. The fraction of sp³-hybridized carbons (Fsp3) is 0.0385. The molecule has 2 aromatic carbocycles. The molecule has 4 N–H and O–H groups in total. The molecule has 174 valence electrons. The molecule has 4 amide bonds. The maximum atomic E-state index is 12.7. The van der Waals surface area contributed by atoms with Crippen molar-refractivity contribution < 1.29 is 14.4 Å². The summed E-state index contributed by atoms with van der Waals surface area (Å²) < 4.78 is 1.08. The number of carbonyl (C=O) groups is 3. The smallest absolute Gasteiger partial charge is 0.342 e. The molecule has 2 heterocycles. The number of nitrogens with two attached hydrogens (primary N) is 2. The summed E-state index contributed by atoms with van der Waals surface area (Å²) in [4.78, 5) is 36.0. The number of imide groups is 1. The van der Waals surface area contributed by atoms with Crippen molar-refractivity contribution in [3.8, 4) is 11.3 Å². The first-order valence-corrected chi connectivity index (χ1v) is 10.6. The highest BCUT2D eigenvalue weighted by atomic mass is 16.2. The van der Waals surface area contributed by atoms with E-state index in [-0.39, 0.29) is 5.57 Å². The number of aromatic nitrogens is 2. The highest BCUT2D eigenvalue weighted by Crippen LogP contribution is 2.24. The van der Waals surface area contributed by atoms with Crippen LogP contribution in [-0.4, -0.2) is 38.5 Å². The third-order valence-electron chi connectivity index (χ3n) is 5.19. The van der Waals surface area contributed by atoms with E-state index >= 15 is 0 Å². The van der Waals surface area contributed by atoms with Crippen LogP contribution in [0.25, 0.3) is 17.3 Å². The minimum Gasteiger partial charge on any atom is -0.350 e. The highest BCUT2D eigenvalue weighted by Gasteiger charge is 2.33. The molecule has 0 saturated heterocycles. The summed E-state index contributed by atoms with van der Waals surface area (Å²) in [6.07, 6.45) is 8.50. The lowest BCUT2D eigenvalue weighted by atomic mass is 10.0. The SMILES string of the molecule is CC(C=Cc1cn(C(N)=O)nc1-c1ccccc1)=CC=C1C(=O)N(C(N)=O)N=C1c1ccccc1. The maximum absolute atomic E-state index is 12.7. The van der Waals surface area contributed by atoms with Crippen molar-refractivity contribution >= 4 is 29.8 Å². The Morgan fingerprint density at radius 3 is 2.14 bits per heavy atom. The number of benzene rings is 2. The average molecular weight is 467 g/mol. The molecule has 0 radical (unpaired) electrons. The van der Waals surface area contributed by atoms with E-state index in [9.17, 15) is 14.4 Å². The number of urea groups is 1. The van der Waals surface area contributed by atoms with E-state index in [2.05, 4.69) is 10.2 Å². The van der Waals surface area contributed by atoms with Crippen LogP contribution in [-0.2, 0) is 4.79 Å². The van der Waals surface area contributed by atoms with Gasteiger partial charge in [-0.1, -0.05) is 84.5 Å². The number of rotatable bonds is 5. The molecule has 1 aliphatic rings. The van der Waals surface area contributed by atoms with Gasteiger partial charge in [0.05, 0.1) is 5.57 Å². The number of allylic oxidation sites excluding steroid dienone is 4. The van der Waals surface area contributed by atoms with Crippen molar-refractivity contribution in [2.45, 2.75) is 6.92 Å². The van der Waals surface area contributed by atoms with Crippen molar-refractivity contribution in [2.75, 3.05) is 0 Å². The van der Waals surface area contributed by atoms with Crippen molar-refractivity contribution in [1.82, 2.24) is 14.8 Å². The number of carbonyl (C=O) groups excluding carboxylic acids is 3. The standard InChI is InChI=1S/C26H22N6O3/c1-17(12-14-20-16-31(25(27)34)29-22(20)18-8-4-2-5-9-18)13-15-21-23(19-10-6-3-7-11-19)30-32(24(21)33)26(28)35/h2-16H,1H3,(H2,27,34)(H2,28,35). The quantitative estimate of drug-likeness (QED) is 0.438. The lowest BCUT2D eigenvalue weighted by molar-refractivity contribution is -0.122. The zero-order valence-electron chi connectivity index (χ0n) is 18.8. The molecule has 3 aromatic rings. The topological polar surface area (TPSA) is 137 Å². The van der Waals surface area contributed by atoms with E-state index in [0.29, 0.717) is 27.5 Å². The molecular weight excluding hydrogens is 444 g/mol. The first-order chi connectivity index (χ1) is 16.8. The molecule has 35 heavy (non-hydrogen) atoms. The van der Waals surface area contributed by atoms with Crippen molar-refractivity contribution in [2.24, 2.45) is 16.6 Å². The van der Waals surface area contributed by atoms with Crippen LogP contribution in [0.15, 0.2) is 101 Å². The Morgan fingerprint density at radius 1 is 0.914 bits per heavy atom. The Balaban J connectivity index is 1.65. The minimum absolute atomic E-state index is 0.245. The summed E-state index contributed by atoms with van der Waals surface area (Å²) in [7, 11) is 0. The molecule has 0 bridgehead atoms. The molecule has 9 nitrogen and oxygen atoms in total. The second kappa shape index (κ2) is 9.84. The van der Waals surface area contributed by atoms with Crippen LogP contribution in [0.1, 0.15) is 18.1 Å². The first kappa shape index (κ1) is 23.1. The molecule has 0 spiro atoms. The van der Waals surface area contributed by atoms with Crippen LogP contribution < -0.4 is 11.5 Å².